The topological polar surface area (TPSA) is 76.7 Å². The van der Waals surface area contributed by atoms with Crippen molar-refractivity contribution in [1.82, 2.24) is 9.55 Å². The number of benzene rings is 2. The van der Waals surface area contributed by atoms with E-state index in [2.05, 4.69) is 0 Å². The molecule has 0 fully saturated rings. The molecule has 0 aliphatic rings. The van der Waals surface area contributed by atoms with E-state index in [0.29, 0.717) is 30.1 Å². The second kappa shape index (κ2) is 6.41. The van der Waals surface area contributed by atoms with E-state index in [1.54, 1.807) is 20.1 Å². The maximum absolute atomic E-state index is 10.2. The summed E-state index contributed by atoms with van der Waals surface area (Å²) in [6.07, 6.45) is 0. The number of para-hydroxylation sites is 2. The molecule has 0 saturated carbocycles. The lowest BCUT2D eigenvalue weighted by Crippen LogP contribution is -2.06. The van der Waals surface area contributed by atoms with E-state index in [1.807, 2.05) is 28.8 Å². The molecular weight excluding hydrogens is 308 g/mol. The number of fused-ring (bicyclic) bond motifs is 1. The molecule has 1 aromatic heterocycles. The molecule has 126 valence electrons. The molecule has 0 amide bonds. The summed E-state index contributed by atoms with van der Waals surface area (Å²) in [4.78, 5) is 4.70. The highest BCUT2D eigenvalue weighted by Crippen LogP contribution is 2.43. The van der Waals surface area contributed by atoms with Gasteiger partial charge in [-0.25, -0.2) is 4.98 Å². The number of aromatic hydroxyl groups is 2. The standard InChI is InChI=1S/C18H20N2O4/c1-11-12(10-15(24-3)17(22)16(11)21)18-19-13-6-4-5-7-14(13)20(18)8-9-23-2/h4-7,10,21-22H,8-9H2,1-3H3. The summed E-state index contributed by atoms with van der Waals surface area (Å²) in [6.45, 7) is 2.90. The van der Waals surface area contributed by atoms with Gasteiger partial charge >= 0.3 is 0 Å². The summed E-state index contributed by atoms with van der Waals surface area (Å²) in [5.41, 5.74) is 3.08. The number of phenols is 2. The van der Waals surface area contributed by atoms with Crippen molar-refractivity contribution in [2.45, 2.75) is 13.5 Å². The first-order chi connectivity index (χ1) is 11.6. The number of aromatic nitrogens is 2. The van der Waals surface area contributed by atoms with Crippen molar-refractivity contribution in [1.29, 1.82) is 0 Å². The highest BCUT2D eigenvalue weighted by atomic mass is 16.5. The largest absolute Gasteiger partial charge is 0.504 e. The van der Waals surface area contributed by atoms with Gasteiger partial charge in [-0.15, -0.1) is 0 Å². The molecule has 1 heterocycles. The molecule has 2 N–H and O–H groups in total. The molecule has 24 heavy (non-hydrogen) atoms. The summed E-state index contributed by atoms with van der Waals surface area (Å²) in [5, 5.41) is 20.2. The van der Waals surface area contributed by atoms with Crippen molar-refractivity contribution in [3.05, 3.63) is 35.9 Å². The number of nitrogens with zero attached hydrogens (tertiary/aromatic N) is 2. The smallest absolute Gasteiger partial charge is 0.200 e. The van der Waals surface area contributed by atoms with Crippen LogP contribution in [0.2, 0.25) is 0 Å². The van der Waals surface area contributed by atoms with Crippen molar-refractivity contribution in [3.8, 4) is 28.6 Å². The highest BCUT2D eigenvalue weighted by molar-refractivity contribution is 5.82. The predicted octanol–water partition coefficient (Wildman–Crippen LogP) is 3.08. The first-order valence-electron chi connectivity index (χ1n) is 7.62. The normalized spacial score (nSPS) is 11.1. The molecule has 0 spiro atoms. The number of ether oxygens (including phenoxy) is 2. The Morgan fingerprint density at radius 3 is 2.58 bits per heavy atom. The van der Waals surface area contributed by atoms with Gasteiger partial charge < -0.3 is 24.3 Å². The monoisotopic (exact) mass is 328 g/mol. The summed E-state index contributed by atoms with van der Waals surface area (Å²) in [6, 6.07) is 9.51. The fraction of sp³-hybridized carbons (Fsp3) is 0.278. The molecule has 0 unspecified atom stereocenters. The van der Waals surface area contributed by atoms with Gasteiger partial charge in [0.25, 0.3) is 0 Å². The molecule has 0 atom stereocenters. The van der Waals surface area contributed by atoms with Crippen LogP contribution in [0.5, 0.6) is 17.2 Å². The van der Waals surface area contributed by atoms with Crippen molar-refractivity contribution < 1.29 is 19.7 Å². The van der Waals surface area contributed by atoms with Gasteiger partial charge in [0, 0.05) is 24.8 Å². The van der Waals surface area contributed by atoms with Gasteiger partial charge in [0.1, 0.15) is 5.82 Å². The Morgan fingerprint density at radius 1 is 1.12 bits per heavy atom. The number of hydrogen-bond acceptors (Lipinski definition) is 5. The SMILES string of the molecule is COCCn1c(-c2cc(OC)c(O)c(O)c2C)nc2ccccc21. The van der Waals surface area contributed by atoms with E-state index in [9.17, 15) is 10.2 Å². The number of phenolic OH excluding ortho intramolecular Hbond substituents is 2. The maximum Gasteiger partial charge on any atom is 0.200 e. The van der Waals surface area contributed by atoms with Crippen LogP contribution in [0.25, 0.3) is 22.4 Å². The minimum Gasteiger partial charge on any atom is -0.504 e. The Morgan fingerprint density at radius 2 is 1.88 bits per heavy atom. The van der Waals surface area contributed by atoms with Crippen molar-refractivity contribution in [3.63, 3.8) is 0 Å². The zero-order valence-corrected chi connectivity index (χ0v) is 13.9. The fourth-order valence-corrected chi connectivity index (χ4v) is 2.81. The van der Waals surface area contributed by atoms with Gasteiger partial charge in [-0.3, -0.25) is 0 Å². The average molecular weight is 328 g/mol. The van der Waals surface area contributed by atoms with Gasteiger partial charge in [-0.2, -0.15) is 0 Å². The number of methoxy groups -OCH3 is 2. The Bertz CT molecular complexity index is 886. The minimum absolute atomic E-state index is 0.199. The van der Waals surface area contributed by atoms with Gasteiger partial charge in [-0.05, 0) is 25.1 Å². The van der Waals surface area contributed by atoms with E-state index in [-0.39, 0.29) is 17.2 Å². The van der Waals surface area contributed by atoms with Gasteiger partial charge in [0.2, 0.25) is 5.75 Å². The Hall–Kier alpha value is -2.73. The molecule has 3 rings (SSSR count). The van der Waals surface area contributed by atoms with Crippen LogP contribution in [0.4, 0.5) is 0 Å². The Labute approximate surface area is 139 Å². The third-order valence-electron chi connectivity index (χ3n) is 4.13. The van der Waals surface area contributed by atoms with E-state index in [4.69, 9.17) is 14.5 Å². The van der Waals surface area contributed by atoms with Crippen molar-refractivity contribution in [2.75, 3.05) is 20.8 Å². The lowest BCUT2D eigenvalue weighted by molar-refractivity contribution is 0.188. The van der Waals surface area contributed by atoms with E-state index < -0.39 is 0 Å². The zero-order chi connectivity index (χ0) is 17.3. The zero-order valence-electron chi connectivity index (χ0n) is 13.9. The summed E-state index contributed by atoms with van der Waals surface area (Å²) < 4.78 is 12.4. The number of imidazole rings is 1. The van der Waals surface area contributed by atoms with Crippen LogP contribution in [0, 0.1) is 6.92 Å². The van der Waals surface area contributed by atoms with Crippen LogP contribution < -0.4 is 4.74 Å². The van der Waals surface area contributed by atoms with Gasteiger partial charge in [0.05, 0.1) is 24.8 Å². The molecular formula is C18H20N2O4. The molecule has 6 heteroatoms. The molecule has 0 aliphatic carbocycles. The second-order valence-corrected chi connectivity index (χ2v) is 5.52. The summed E-state index contributed by atoms with van der Waals surface area (Å²) in [7, 11) is 3.10. The van der Waals surface area contributed by atoms with E-state index in [1.165, 1.54) is 7.11 Å². The molecule has 0 radical (unpaired) electrons. The third kappa shape index (κ3) is 2.55. The summed E-state index contributed by atoms with van der Waals surface area (Å²) in [5.74, 6) is 0.436. The number of rotatable bonds is 5. The molecule has 0 bridgehead atoms. The predicted molar refractivity (Wildman–Crippen MR) is 91.7 cm³/mol. The van der Waals surface area contributed by atoms with E-state index in [0.717, 1.165) is 11.0 Å². The van der Waals surface area contributed by atoms with Crippen LogP contribution in [0.3, 0.4) is 0 Å². The summed E-state index contributed by atoms with van der Waals surface area (Å²) >= 11 is 0. The number of hydrogen-bond donors (Lipinski definition) is 2. The lowest BCUT2D eigenvalue weighted by Gasteiger charge is -2.14. The van der Waals surface area contributed by atoms with Crippen LogP contribution in [0.1, 0.15) is 5.56 Å². The van der Waals surface area contributed by atoms with Crippen molar-refractivity contribution in [2.24, 2.45) is 0 Å². The average Bonchev–Trinajstić information content (AvgIpc) is 2.96. The first-order valence-corrected chi connectivity index (χ1v) is 7.62. The maximum atomic E-state index is 10.2. The first kappa shape index (κ1) is 16.1. The Kier molecular flexibility index (Phi) is 4.31. The quantitative estimate of drug-likeness (QED) is 0.704. The minimum atomic E-state index is -0.265. The third-order valence-corrected chi connectivity index (χ3v) is 4.13. The molecule has 6 nitrogen and oxygen atoms in total. The van der Waals surface area contributed by atoms with Crippen LogP contribution >= 0.6 is 0 Å². The Balaban J connectivity index is 2.28. The molecule has 0 saturated heterocycles. The van der Waals surface area contributed by atoms with Gasteiger partial charge in [-0.1, -0.05) is 12.1 Å². The van der Waals surface area contributed by atoms with Gasteiger partial charge in [0.15, 0.2) is 11.5 Å². The van der Waals surface area contributed by atoms with E-state index >= 15 is 0 Å². The van der Waals surface area contributed by atoms with Crippen LogP contribution in [-0.4, -0.2) is 40.6 Å². The fourth-order valence-electron chi connectivity index (χ4n) is 2.81. The van der Waals surface area contributed by atoms with Crippen LogP contribution in [-0.2, 0) is 11.3 Å². The molecule has 0 aliphatic heterocycles. The van der Waals surface area contributed by atoms with Crippen LogP contribution in [0.15, 0.2) is 30.3 Å². The molecule has 2 aromatic carbocycles. The highest BCUT2D eigenvalue weighted by Gasteiger charge is 2.20. The lowest BCUT2D eigenvalue weighted by atomic mass is 10.1. The second-order valence-electron chi connectivity index (χ2n) is 5.52. The molecule has 3 aromatic rings. The van der Waals surface area contributed by atoms with Crippen molar-refractivity contribution >= 4 is 11.0 Å².